The quantitative estimate of drug-likeness (QED) is 0.0927. The summed E-state index contributed by atoms with van der Waals surface area (Å²) in [5, 5.41) is 2.07. The third-order valence-electron chi connectivity index (χ3n) is 6.24. The Labute approximate surface area is 258 Å². The normalized spacial score (nSPS) is 12.2. The lowest BCUT2D eigenvalue weighted by Crippen LogP contribution is -2.51. The maximum absolute atomic E-state index is 13.7. The van der Waals surface area contributed by atoms with Gasteiger partial charge in [0, 0.05) is 15.6 Å². The van der Waals surface area contributed by atoms with Crippen molar-refractivity contribution in [1.82, 2.24) is 10.0 Å². The maximum atomic E-state index is 13.7. The van der Waals surface area contributed by atoms with Gasteiger partial charge in [-0.05, 0) is 72.8 Å². The van der Waals surface area contributed by atoms with Crippen molar-refractivity contribution in [2.75, 3.05) is 6.54 Å². The topological polar surface area (TPSA) is 101 Å². The average Bonchev–Trinajstić information content (AvgIpc) is 3.21. The number of imide groups is 1. The first-order chi connectivity index (χ1) is 20.0. The Hall–Kier alpha value is -4.21. The van der Waals surface area contributed by atoms with E-state index < -0.39 is 36.0 Å². The zero-order valence-corrected chi connectivity index (χ0v) is 24.2. The van der Waals surface area contributed by atoms with E-state index in [0.717, 1.165) is 5.01 Å². The Morgan fingerprint density at radius 1 is 0.690 bits per heavy atom. The molecular weight excluding hydrogens is 626 g/mol. The Morgan fingerprint density at radius 3 is 1.74 bits per heavy atom. The molecule has 0 saturated heterocycles. The number of amides is 3. The van der Waals surface area contributed by atoms with Crippen LogP contribution in [0.5, 0.6) is 5.75 Å². The van der Waals surface area contributed by atoms with Gasteiger partial charge in [0.15, 0.2) is 5.78 Å². The van der Waals surface area contributed by atoms with Gasteiger partial charge in [0.2, 0.25) is 0 Å². The van der Waals surface area contributed by atoms with Crippen LogP contribution in [-0.4, -0.2) is 46.0 Å². The zero-order valence-electron chi connectivity index (χ0n) is 21.1. The van der Waals surface area contributed by atoms with Gasteiger partial charge < -0.3 is 4.74 Å². The lowest BCUT2D eigenvalue weighted by molar-refractivity contribution is 0.00531. The number of Topliss-reactive ketones (excluding diaryl/α,β-unsaturated/α-hetero) is 1. The lowest BCUT2D eigenvalue weighted by Gasteiger charge is -2.29. The van der Waals surface area contributed by atoms with E-state index in [9.17, 15) is 24.0 Å². The Balaban J connectivity index is 1.40. The van der Waals surface area contributed by atoms with E-state index in [2.05, 4.69) is 0 Å². The van der Waals surface area contributed by atoms with E-state index in [1.54, 1.807) is 12.1 Å². The SMILES string of the molecule is O=C(CN(C(=O)c1ccc(Cl)cc1Cl)N1C(=O)c2ccccc2C1=O)c1ccc(OC(=O)c2ccc(Cl)cc2Cl)cc1. The summed E-state index contributed by atoms with van der Waals surface area (Å²) < 4.78 is 5.34. The third-order valence-corrected chi connectivity index (χ3v) is 7.34. The molecule has 0 fully saturated rings. The van der Waals surface area contributed by atoms with E-state index in [1.165, 1.54) is 72.8 Å². The highest BCUT2D eigenvalue weighted by Crippen LogP contribution is 2.29. The predicted octanol–water partition coefficient (Wildman–Crippen LogP) is 7.06. The minimum Gasteiger partial charge on any atom is -0.423 e. The number of halogens is 4. The number of hydrogen-bond donors (Lipinski definition) is 0. The molecule has 5 rings (SSSR count). The average molecular weight is 642 g/mol. The van der Waals surface area contributed by atoms with Crippen molar-refractivity contribution < 1.29 is 28.7 Å². The summed E-state index contributed by atoms with van der Waals surface area (Å²) in [6.45, 7) is -0.692. The number of hydrazine groups is 1. The number of esters is 1. The molecule has 0 saturated carbocycles. The van der Waals surface area contributed by atoms with Crippen molar-refractivity contribution in [3.63, 3.8) is 0 Å². The van der Waals surface area contributed by atoms with Gasteiger partial charge >= 0.3 is 5.97 Å². The van der Waals surface area contributed by atoms with Gasteiger partial charge in [-0.2, -0.15) is 5.01 Å². The highest BCUT2D eigenvalue weighted by Gasteiger charge is 2.42. The van der Waals surface area contributed by atoms with E-state index in [4.69, 9.17) is 51.1 Å². The molecule has 4 aromatic rings. The van der Waals surface area contributed by atoms with Gasteiger partial charge in [0.1, 0.15) is 12.3 Å². The summed E-state index contributed by atoms with van der Waals surface area (Å²) in [5.41, 5.74) is 0.297. The number of ether oxygens (including phenoxy) is 1. The monoisotopic (exact) mass is 640 g/mol. The van der Waals surface area contributed by atoms with Crippen molar-refractivity contribution in [2.45, 2.75) is 0 Å². The summed E-state index contributed by atoms with van der Waals surface area (Å²) in [4.78, 5) is 66.0. The summed E-state index contributed by atoms with van der Waals surface area (Å²) >= 11 is 24.2. The van der Waals surface area contributed by atoms with Gasteiger partial charge in [0.25, 0.3) is 17.7 Å². The third kappa shape index (κ3) is 5.75. The molecule has 0 aromatic heterocycles. The highest BCUT2D eigenvalue weighted by molar-refractivity contribution is 6.37. The molecule has 8 nitrogen and oxygen atoms in total. The molecule has 4 aromatic carbocycles. The Bertz CT molecular complexity index is 1760. The first kappa shape index (κ1) is 29.3. The molecule has 42 heavy (non-hydrogen) atoms. The number of hydrogen-bond acceptors (Lipinski definition) is 6. The van der Waals surface area contributed by atoms with Crippen LogP contribution in [0.3, 0.4) is 0 Å². The zero-order chi connectivity index (χ0) is 30.1. The van der Waals surface area contributed by atoms with Crippen LogP contribution >= 0.6 is 46.4 Å². The van der Waals surface area contributed by atoms with E-state index in [-0.39, 0.29) is 48.6 Å². The summed E-state index contributed by atoms with van der Waals surface area (Å²) in [6, 6.07) is 19.9. The molecule has 12 heteroatoms. The van der Waals surface area contributed by atoms with Crippen molar-refractivity contribution >= 4 is 75.9 Å². The molecule has 210 valence electrons. The number of fused-ring (bicyclic) bond motifs is 1. The van der Waals surface area contributed by atoms with Crippen LogP contribution in [0.1, 0.15) is 51.8 Å². The van der Waals surface area contributed by atoms with Crippen molar-refractivity contribution in [3.8, 4) is 5.75 Å². The smallest absolute Gasteiger partial charge is 0.345 e. The van der Waals surface area contributed by atoms with Crippen LogP contribution in [0, 0.1) is 0 Å². The Kier molecular flexibility index (Phi) is 8.34. The molecular formula is C30H16Cl4N2O6. The number of benzene rings is 4. The van der Waals surface area contributed by atoms with E-state index in [0.29, 0.717) is 10.0 Å². The second kappa shape index (κ2) is 12.0. The minimum atomic E-state index is -0.870. The molecule has 0 aliphatic carbocycles. The van der Waals surface area contributed by atoms with Crippen LogP contribution in [-0.2, 0) is 0 Å². The standard InChI is InChI=1S/C30H16Cl4N2O6/c31-17-7-11-22(24(33)13-17)27(38)35(36-28(39)20-3-1-2-4-21(20)29(36)40)15-26(37)16-5-9-19(10-6-16)42-30(41)23-12-8-18(32)14-25(23)34/h1-14H,15H2. The number of ketones is 1. The fourth-order valence-corrected chi connectivity index (χ4v) is 5.16. The van der Waals surface area contributed by atoms with Gasteiger partial charge in [-0.15, -0.1) is 0 Å². The van der Waals surface area contributed by atoms with Crippen molar-refractivity contribution in [3.05, 3.63) is 133 Å². The molecule has 0 spiro atoms. The van der Waals surface area contributed by atoms with Gasteiger partial charge in [-0.3, -0.25) is 19.2 Å². The molecule has 0 radical (unpaired) electrons. The number of carbonyl (C=O) groups is 5. The second-order valence-electron chi connectivity index (χ2n) is 8.92. The molecule has 3 amide bonds. The second-order valence-corrected chi connectivity index (χ2v) is 10.6. The van der Waals surface area contributed by atoms with Crippen LogP contribution in [0.2, 0.25) is 20.1 Å². The lowest BCUT2D eigenvalue weighted by atomic mass is 10.1. The minimum absolute atomic E-state index is 0.0338. The fraction of sp³-hybridized carbons (Fsp3) is 0.0333. The van der Waals surface area contributed by atoms with Crippen LogP contribution in [0.4, 0.5) is 0 Å². The van der Waals surface area contributed by atoms with Gasteiger partial charge in [0.05, 0.1) is 32.3 Å². The van der Waals surface area contributed by atoms with Gasteiger partial charge in [-0.25, -0.2) is 9.80 Å². The predicted molar refractivity (Wildman–Crippen MR) is 157 cm³/mol. The van der Waals surface area contributed by atoms with Crippen molar-refractivity contribution in [1.29, 1.82) is 0 Å². The molecule has 0 N–H and O–H groups in total. The fourth-order valence-electron chi connectivity index (χ4n) is 4.18. The van der Waals surface area contributed by atoms with Crippen LogP contribution < -0.4 is 4.74 Å². The van der Waals surface area contributed by atoms with E-state index >= 15 is 0 Å². The van der Waals surface area contributed by atoms with Crippen molar-refractivity contribution in [2.24, 2.45) is 0 Å². The molecule has 0 atom stereocenters. The van der Waals surface area contributed by atoms with Crippen LogP contribution in [0.25, 0.3) is 0 Å². The Morgan fingerprint density at radius 2 is 1.21 bits per heavy atom. The highest BCUT2D eigenvalue weighted by atomic mass is 35.5. The first-order valence-electron chi connectivity index (χ1n) is 12.1. The van der Waals surface area contributed by atoms with E-state index in [1.807, 2.05) is 0 Å². The summed E-state index contributed by atoms with van der Waals surface area (Å²) in [7, 11) is 0. The molecule has 0 unspecified atom stereocenters. The van der Waals surface area contributed by atoms with Gasteiger partial charge in [-0.1, -0.05) is 58.5 Å². The largest absolute Gasteiger partial charge is 0.423 e. The number of carbonyl (C=O) groups excluding carboxylic acids is 5. The molecule has 1 aliphatic heterocycles. The summed E-state index contributed by atoms with van der Waals surface area (Å²) in [5.74, 6) is -3.66. The molecule has 1 aliphatic rings. The van der Waals surface area contributed by atoms with Crippen LogP contribution in [0.15, 0.2) is 84.9 Å². The molecule has 0 bridgehead atoms. The number of nitrogens with zero attached hydrogens (tertiary/aromatic N) is 2. The first-order valence-corrected chi connectivity index (χ1v) is 13.6. The number of rotatable bonds is 7. The molecule has 1 heterocycles. The maximum Gasteiger partial charge on any atom is 0.345 e. The summed E-state index contributed by atoms with van der Waals surface area (Å²) in [6.07, 6.45) is 0.